The smallest absolute Gasteiger partial charge is 0.401 e. The van der Waals surface area contributed by atoms with Gasteiger partial charge in [-0.15, -0.1) is 0 Å². The number of hydrogen-bond donors (Lipinski definition) is 2. The maximum Gasteiger partial charge on any atom is 0.401 e. The van der Waals surface area contributed by atoms with E-state index in [1.807, 2.05) is 12.1 Å². The molecule has 0 aliphatic heterocycles. The molecule has 0 bridgehead atoms. The van der Waals surface area contributed by atoms with Crippen molar-refractivity contribution in [1.82, 2.24) is 15.5 Å². The van der Waals surface area contributed by atoms with Crippen LogP contribution in [0.1, 0.15) is 12.0 Å². The third-order valence-electron chi connectivity index (χ3n) is 3.63. The van der Waals surface area contributed by atoms with Crippen molar-refractivity contribution in [3.8, 4) is 5.75 Å². The fraction of sp³-hybridized carbons (Fsp3) is 0.588. The summed E-state index contributed by atoms with van der Waals surface area (Å²) in [5, 5.41) is 6.88. The van der Waals surface area contributed by atoms with Gasteiger partial charge in [-0.05, 0) is 44.1 Å². The molecule has 0 spiro atoms. The Morgan fingerprint density at radius 3 is 2.54 bits per heavy atom. The second-order valence-corrected chi connectivity index (χ2v) is 6.25. The number of benzene rings is 1. The Morgan fingerprint density at radius 1 is 1.27 bits per heavy atom. The van der Waals surface area contributed by atoms with Crippen LogP contribution in [0.25, 0.3) is 0 Å². The van der Waals surface area contributed by atoms with Gasteiger partial charge in [0.1, 0.15) is 5.75 Å². The molecule has 0 atom stereocenters. The zero-order valence-electron chi connectivity index (χ0n) is 15.3. The SMILES string of the molecule is CN=C(NCCCN(C)CC(F)(F)F)NCCc1ccc(OC)cc1Cl. The third-order valence-corrected chi connectivity index (χ3v) is 3.98. The number of alkyl halides is 3. The van der Waals surface area contributed by atoms with Crippen LogP contribution in [-0.4, -0.2) is 64.4 Å². The van der Waals surface area contributed by atoms with Gasteiger partial charge in [0.05, 0.1) is 13.7 Å². The number of rotatable bonds is 9. The lowest BCUT2D eigenvalue weighted by molar-refractivity contribution is -0.143. The standard InChI is InChI=1S/C17H26ClF3N4O/c1-22-16(23-8-4-10-25(2)12-17(19,20)21)24-9-7-13-5-6-14(26-3)11-15(13)18/h5-6,11H,4,7-10,12H2,1-3H3,(H2,22,23,24). The maximum absolute atomic E-state index is 12.2. The molecule has 1 aromatic carbocycles. The van der Waals surface area contributed by atoms with Gasteiger partial charge < -0.3 is 15.4 Å². The summed E-state index contributed by atoms with van der Waals surface area (Å²) in [6, 6.07) is 5.53. The quantitative estimate of drug-likeness (QED) is 0.384. The predicted molar refractivity (Wildman–Crippen MR) is 99.2 cm³/mol. The van der Waals surface area contributed by atoms with Crippen molar-refractivity contribution in [2.45, 2.75) is 19.0 Å². The van der Waals surface area contributed by atoms with Crippen LogP contribution in [0.4, 0.5) is 13.2 Å². The summed E-state index contributed by atoms with van der Waals surface area (Å²) >= 11 is 6.20. The minimum absolute atomic E-state index is 0.352. The lowest BCUT2D eigenvalue weighted by Crippen LogP contribution is -2.40. The summed E-state index contributed by atoms with van der Waals surface area (Å²) in [6.07, 6.45) is -2.88. The number of aliphatic imine (C=N–C) groups is 1. The monoisotopic (exact) mass is 394 g/mol. The molecule has 0 aliphatic carbocycles. The molecular formula is C17H26ClF3N4O. The summed E-state index contributed by atoms with van der Waals surface area (Å²) in [6.45, 7) is 0.610. The summed E-state index contributed by atoms with van der Waals surface area (Å²) in [5.74, 6) is 1.31. The third kappa shape index (κ3) is 9.15. The van der Waals surface area contributed by atoms with Crippen molar-refractivity contribution in [2.24, 2.45) is 4.99 Å². The molecule has 0 saturated heterocycles. The number of guanidine groups is 1. The molecule has 9 heteroatoms. The number of halogens is 4. The van der Waals surface area contributed by atoms with Crippen molar-refractivity contribution in [3.63, 3.8) is 0 Å². The van der Waals surface area contributed by atoms with Gasteiger partial charge in [0.25, 0.3) is 0 Å². The van der Waals surface area contributed by atoms with Crippen molar-refractivity contribution < 1.29 is 17.9 Å². The molecule has 1 aromatic rings. The molecule has 0 amide bonds. The van der Waals surface area contributed by atoms with E-state index in [0.717, 1.165) is 5.56 Å². The zero-order chi connectivity index (χ0) is 19.6. The van der Waals surface area contributed by atoms with Gasteiger partial charge >= 0.3 is 6.18 Å². The van der Waals surface area contributed by atoms with Crippen molar-refractivity contribution in [1.29, 1.82) is 0 Å². The average Bonchev–Trinajstić information content (AvgIpc) is 2.56. The highest BCUT2D eigenvalue weighted by Gasteiger charge is 2.28. The fourth-order valence-corrected chi connectivity index (χ4v) is 2.60. The van der Waals surface area contributed by atoms with Crippen LogP contribution in [0.3, 0.4) is 0 Å². The van der Waals surface area contributed by atoms with E-state index in [9.17, 15) is 13.2 Å². The molecule has 0 saturated carbocycles. The molecular weight excluding hydrogens is 369 g/mol. The Bertz CT molecular complexity index is 582. The molecule has 0 radical (unpaired) electrons. The van der Waals surface area contributed by atoms with Crippen molar-refractivity contribution in [3.05, 3.63) is 28.8 Å². The molecule has 5 nitrogen and oxygen atoms in total. The lowest BCUT2D eigenvalue weighted by Gasteiger charge is -2.19. The zero-order valence-corrected chi connectivity index (χ0v) is 16.0. The topological polar surface area (TPSA) is 48.9 Å². The second-order valence-electron chi connectivity index (χ2n) is 5.84. The lowest BCUT2D eigenvalue weighted by atomic mass is 10.1. The average molecular weight is 395 g/mol. The molecule has 1 rings (SSSR count). The molecule has 0 aliphatic rings. The van der Waals surface area contributed by atoms with Crippen LogP contribution in [0.2, 0.25) is 5.02 Å². The van der Waals surface area contributed by atoms with Gasteiger partial charge in [0.15, 0.2) is 5.96 Å². The number of nitrogens with zero attached hydrogens (tertiary/aromatic N) is 2. The maximum atomic E-state index is 12.2. The molecule has 0 unspecified atom stereocenters. The van der Waals surface area contributed by atoms with Crippen LogP contribution in [0.5, 0.6) is 5.75 Å². The second kappa shape index (κ2) is 11.1. The van der Waals surface area contributed by atoms with Crippen molar-refractivity contribution >= 4 is 17.6 Å². The van der Waals surface area contributed by atoms with E-state index in [0.29, 0.717) is 49.2 Å². The largest absolute Gasteiger partial charge is 0.497 e. The van der Waals surface area contributed by atoms with Gasteiger partial charge in [-0.1, -0.05) is 17.7 Å². The highest BCUT2D eigenvalue weighted by atomic mass is 35.5. The predicted octanol–water partition coefficient (Wildman–Crippen LogP) is 2.94. The first-order valence-corrected chi connectivity index (χ1v) is 8.65. The fourth-order valence-electron chi connectivity index (χ4n) is 2.33. The number of hydrogen-bond acceptors (Lipinski definition) is 3. The Balaban J connectivity index is 2.27. The highest BCUT2D eigenvalue weighted by molar-refractivity contribution is 6.31. The number of methoxy groups -OCH3 is 1. The van der Waals surface area contributed by atoms with Crippen LogP contribution < -0.4 is 15.4 Å². The Kier molecular flexibility index (Phi) is 9.58. The van der Waals surface area contributed by atoms with Crippen LogP contribution in [0.15, 0.2) is 23.2 Å². The Hall–Kier alpha value is -1.67. The Labute approximate surface area is 157 Å². The highest BCUT2D eigenvalue weighted by Crippen LogP contribution is 2.22. The molecule has 148 valence electrons. The summed E-state index contributed by atoms with van der Waals surface area (Å²) < 4.78 is 41.8. The first kappa shape index (κ1) is 22.4. The number of nitrogens with one attached hydrogen (secondary N) is 2. The van der Waals surface area contributed by atoms with E-state index in [1.54, 1.807) is 20.2 Å². The van der Waals surface area contributed by atoms with Crippen LogP contribution >= 0.6 is 11.6 Å². The summed E-state index contributed by atoms with van der Waals surface area (Å²) in [7, 11) is 4.69. The van der Waals surface area contributed by atoms with Gasteiger partial charge in [-0.3, -0.25) is 9.89 Å². The molecule has 0 heterocycles. The van der Waals surface area contributed by atoms with Gasteiger partial charge in [0.2, 0.25) is 0 Å². The molecule has 26 heavy (non-hydrogen) atoms. The minimum Gasteiger partial charge on any atom is -0.497 e. The Morgan fingerprint density at radius 2 is 1.96 bits per heavy atom. The van der Waals surface area contributed by atoms with Crippen LogP contribution in [-0.2, 0) is 6.42 Å². The van der Waals surface area contributed by atoms with Gasteiger partial charge in [0, 0.05) is 25.2 Å². The normalized spacial score (nSPS) is 12.4. The van der Waals surface area contributed by atoms with E-state index in [4.69, 9.17) is 16.3 Å². The van der Waals surface area contributed by atoms with Gasteiger partial charge in [-0.2, -0.15) is 13.2 Å². The first-order valence-electron chi connectivity index (χ1n) is 8.27. The van der Waals surface area contributed by atoms with Crippen molar-refractivity contribution in [2.75, 3.05) is 47.4 Å². The molecule has 0 aromatic heterocycles. The van der Waals surface area contributed by atoms with Crippen LogP contribution in [0, 0.1) is 0 Å². The van der Waals surface area contributed by atoms with E-state index in [-0.39, 0.29) is 0 Å². The van der Waals surface area contributed by atoms with E-state index in [1.165, 1.54) is 11.9 Å². The number of ether oxygens (including phenoxy) is 1. The molecule has 2 N–H and O–H groups in total. The van der Waals surface area contributed by atoms with Gasteiger partial charge in [-0.25, -0.2) is 0 Å². The summed E-state index contributed by atoms with van der Waals surface area (Å²) in [5.41, 5.74) is 0.990. The summed E-state index contributed by atoms with van der Waals surface area (Å²) in [4.78, 5) is 5.35. The molecule has 0 fully saturated rings. The van der Waals surface area contributed by atoms with E-state index < -0.39 is 12.7 Å². The van der Waals surface area contributed by atoms with E-state index >= 15 is 0 Å². The first-order chi connectivity index (χ1) is 12.2. The minimum atomic E-state index is -4.16. The van der Waals surface area contributed by atoms with E-state index in [2.05, 4.69) is 15.6 Å².